The van der Waals surface area contributed by atoms with Gasteiger partial charge in [0.1, 0.15) is 0 Å². The Morgan fingerprint density at radius 2 is 2.00 bits per heavy atom. The Morgan fingerprint density at radius 3 is 2.53 bits per heavy atom. The molecule has 2 aliphatic rings. The van der Waals surface area contributed by atoms with Crippen molar-refractivity contribution in [3.63, 3.8) is 0 Å². The molecule has 1 aromatic rings. The maximum absolute atomic E-state index is 11.2. The van der Waals surface area contributed by atoms with Crippen molar-refractivity contribution in [2.24, 2.45) is 0 Å². The average molecular weight is 232 g/mol. The molecule has 2 bridgehead atoms. The Hall–Kier alpha value is -1.58. The van der Waals surface area contributed by atoms with Gasteiger partial charge in [0.15, 0.2) is 0 Å². The topological polar surface area (TPSA) is 53.4 Å². The predicted molar refractivity (Wildman–Crippen MR) is 62.9 cm³/mol. The molecule has 1 aromatic heterocycles. The molecule has 3 rings (SSSR count). The first-order chi connectivity index (χ1) is 8.25. The largest absolute Gasteiger partial charge is 0.465 e. The monoisotopic (exact) mass is 232 g/mol. The molecule has 1 N–H and O–H groups in total. The summed E-state index contributed by atoms with van der Waals surface area (Å²) in [6.07, 6.45) is 4.96. The van der Waals surface area contributed by atoms with Gasteiger partial charge in [-0.15, -0.1) is 0 Å². The van der Waals surface area contributed by atoms with Gasteiger partial charge in [-0.2, -0.15) is 0 Å². The molecule has 0 aromatic carbocycles. The highest BCUT2D eigenvalue weighted by Crippen LogP contribution is 2.42. The van der Waals surface area contributed by atoms with E-state index in [2.05, 4.69) is 11.1 Å². The van der Waals surface area contributed by atoms with Crippen molar-refractivity contribution in [1.29, 1.82) is 0 Å². The van der Waals surface area contributed by atoms with Crippen LogP contribution in [-0.2, 0) is 0 Å². The van der Waals surface area contributed by atoms with Gasteiger partial charge in [0, 0.05) is 29.9 Å². The number of piperidine rings is 1. The molecule has 3 atom stereocenters. The third-order valence-electron chi connectivity index (χ3n) is 4.06. The Morgan fingerprint density at radius 1 is 1.29 bits per heavy atom. The number of rotatable bonds is 1. The van der Waals surface area contributed by atoms with Crippen molar-refractivity contribution in [1.82, 2.24) is 9.88 Å². The predicted octanol–water partition coefficient (Wildman–Crippen LogP) is 2.47. The molecular weight excluding hydrogens is 216 g/mol. The number of hydrogen-bond acceptors (Lipinski definition) is 2. The number of fused-ring (bicyclic) bond motifs is 2. The van der Waals surface area contributed by atoms with Crippen molar-refractivity contribution < 1.29 is 9.90 Å². The fourth-order valence-corrected chi connectivity index (χ4v) is 3.35. The maximum Gasteiger partial charge on any atom is 0.407 e. The lowest BCUT2D eigenvalue weighted by atomic mass is 9.88. The van der Waals surface area contributed by atoms with Gasteiger partial charge >= 0.3 is 6.09 Å². The molecule has 1 unspecified atom stereocenters. The molecule has 0 spiro atoms. The number of pyridine rings is 1. The Labute approximate surface area is 100 Å². The summed E-state index contributed by atoms with van der Waals surface area (Å²) in [6.45, 7) is 0. The lowest BCUT2D eigenvalue weighted by Gasteiger charge is -2.36. The van der Waals surface area contributed by atoms with Gasteiger partial charge in [-0.05, 0) is 37.8 Å². The number of carboxylic acid groups (broad SMARTS) is 1. The molecule has 17 heavy (non-hydrogen) atoms. The van der Waals surface area contributed by atoms with Crippen LogP contribution >= 0.6 is 0 Å². The second-order valence-corrected chi connectivity index (χ2v) is 5.00. The van der Waals surface area contributed by atoms with Crippen LogP contribution in [0.3, 0.4) is 0 Å². The fraction of sp³-hybridized carbons (Fsp3) is 0.538. The normalized spacial score (nSPS) is 31.5. The lowest BCUT2D eigenvalue weighted by Crippen LogP contribution is -2.45. The van der Waals surface area contributed by atoms with E-state index in [4.69, 9.17) is 0 Å². The zero-order valence-corrected chi connectivity index (χ0v) is 9.62. The first kappa shape index (κ1) is 10.6. The number of amides is 1. The molecule has 0 radical (unpaired) electrons. The minimum Gasteiger partial charge on any atom is -0.465 e. The standard InChI is InChI=1S/C13H16N2O2/c16-13(17)15-10-4-5-11(15)8-9(7-10)12-3-1-2-6-14-12/h1-3,6,9-11H,4-5,7-8H2,(H,16,17)/t9?,10-,11+. The van der Waals surface area contributed by atoms with Crippen LogP contribution in [0.2, 0.25) is 0 Å². The van der Waals surface area contributed by atoms with Crippen molar-refractivity contribution in [2.75, 3.05) is 0 Å². The summed E-state index contributed by atoms with van der Waals surface area (Å²) in [5.41, 5.74) is 1.12. The molecular formula is C13H16N2O2. The molecule has 2 saturated heterocycles. The first-order valence-corrected chi connectivity index (χ1v) is 6.18. The second kappa shape index (κ2) is 4.02. The number of aromatic nitrogens is 1. The summed E-state index contributed by atoms with van der Waals surface area (Å²) in [5.74, 6) is 0.435. The lowest BCUT2D eigenvalue weighted by molar-refractivity contribution is 0.0960. The van der Waals surface area contributed by atoms with E-state index in [1.54, 1.807) is 4.90 Å². The molecule has 4 nitrogen and oxygen atoms in total. The van der Waals surface area contributed by atoms with Gasteiger partial charge in [0.05, 0.1) is 0 Å². The summed E-state index contributed by atoms with van der Waals surface area (Å²) in [4.78, 5) is 17.2. The van der Waals surface area contributed by atoms with Gasteiger partial charge in [-0.1, -0.05) is 6.07 Å². The summed E-state index contributed by atoms with van der Waals surface area (Å²) in [6, 6.07) is 6.40. The minimum atomic E-state index is -0.753. The van der Waals surface area contributed by atoms with E-state index in [9.17, 15) is 9.90 Å². The molecule has 2 aliphatic heterocycles. The van der Waals surface area contributed by atoms with Crippen LogP contribution in [0.5, 0.6) is 0 Å². The summed E-state index contributed by atoms with van der Waals surface area (Å²) >= 11 is 0. The average Bonchev–Trinajstić information content (AvgIpc) is 2.62. The second-order valence-electron chi connectivity index (χ2n) is 5.00. The highest BCUT2D eigenvalue weighted by Gasteiger charge is 2.43. The molecule has 0 aliphatic carbocycles. The fourth-order valence-electron chi connectivity index (χ4n) is 3.35. The van der Waals surface area contributed by atoms with Gasteiger partial charge in [0.2, 0.25) is 0 Å². The van der Waals surface area contributed by atoms with Crippen LogP contribution in [0.25, 0.3) is 0 Å². The van der Waals surface area contributed by atoms with E-state index >= 15 is 0 Å². The molecule has 3 heterocycles. The van der Waals surface area contributed by atoms with Crippen LogP contribution in [0.1, 0.15) is 37.3 Å². The Kier molecular flexibility index (Phi) is 2.50. The van der Waals surface area contributed by atoms with E-state index in [1.165, 1.54) is 0 Å². The maximum atomic E-state index is 11.2. The third kappa shape index (κ3) is 1.77. The van der Waals surface area contributed by atoms with Crippen LogP contribution < -0.4 is 0 Å². The van der Waals surface area contributed by atoms with E-state index in [-0.39, 0.29) is 12.1 Å². The van der Waals surface area contributed by atoms with Gasteiger partial charge in [-0.3, -0.25) is 4.98 Å². The van der Waals surface area contributed by atoms with Crippen molar-refractivity contribution in [2.45, 2.75) is 43.7 Å². The third-order valence-corrected chi connectivity index (χ3v) is 4.06. The summed E-state index contributed by atoms with van der Waals surface area (Å²) < 4.78 is 0. The smallest absolute Gasteiger partial charge is 0.407 e. The van der Waals surface area contributed by atoms with Gasteiger partial charge < -0.3 is 10.0 Å². The molecule has 2 fully saturated rings. The van der Waals surface area contributed by atoms with E-state index in [0.717, 1.165) is 31.4 Å². The number of carbonyl (C=O) groups is 1. The highest BCUT2D eigenvalue weighted by atomic mass is 16.4. The molecule has 90 valence electrons. The van der Waals surface area contributed by atoms with Gasteiger partial charge in [0.25, 0.3) is 0 Å². The summed E-state index contributed by atoms with van der Waals surface area (Å²) in [5, 5.41) is 9.19. The minimum absolute atomic E-state index is 0.207. The van der Waals surface area contributed by atoms with E-state index < -0.39 is 6.09 Å². The summed E-state index contributed by atoms with van der Waals surface area (Å²) in [7, 11) is 0. The Balaban J connectivity index is 1.80. The van der Waals surface area contributed by atoms with Crippen LogP contribution in [0.4, 0.5) is 4.79 Å². The quantitative estimate of drug-likeness (QED) is 0.809. The molecule has 1 amide bonds. The van der Waals surface area contributed by atoms with E-state index in [1.807, 2.05) is 18.3 Å². The van der Waals surface area contributed by atoms with Crippen molar-refractivity contribution >= 4 is 6.09 Å². The van der Waals surface area contributed by atoms with Crippen LogP contribution in [0.15, 0.2) is 24.4 Å². The van der Waals surface area contributed by atoms with Crippen molar-refractivity contribution in [3.8, 4) is 0 Å². The first-order valence-electron chi connectivity index (χ1n) is 6.18. The molecule has 4 heteroatoms. The van der Waals surface area contributed by atoms with Gasteiger partial charge in [-0.25, -0.2) is 4.79 Å². The highest BCUT2D eigenvalue weighted by molar-refractivity contribution is 5.66. The number of nitrogens with zero attached hydrogens (tertiary/aromatic N) is 2. The number of hydrogen-bond donors (Lipinski definition) is 1. The van der Waals surface area contributed by atoms with Crippen molar-refractivity contribution in [3.05, 3.63) is 30.1 Å². The van der Waals surface area contributed by atoms with Crippen LogP contribution in [-0.4, -0.2) is 33.2 Å². The Bertz CT molecular complexity index is 407. The molecule has 0 saturated carbocycles. The zero-order chi connectivity index (χ0) is 11.8. The SMILES string of the molecule is O=C(O)N1[C@@H]2CC[C@H]1CC(c1ccccn1)C2. The van der Waals surface area contributed by atoms with E-state index in [0.29, 0.717) is 5.92 Å². The zero-order valence-electron chi connectivity index (χ0n) is 9.62. The van der Waals surface area contributed by atoms with Crippen LogP contribution in [0, 0.1) is 0 Å².